The van der Waals surface area contributed by atoms with Crippen molar-refractivity contribution in [2.24, 2.45) is 0 Å². The van der Waals surface area contributed by atoms with Gasteiger partial charge < -0.3 is 5.73 Å². The predicted molar refractivity (Wildman–Crippen MR) is 84.5 cm³/mol. The lowest BCUT2D eigenvalue weighted by atomic mass is 10.3. The number of hydrogen-bond acceptors (Lipinski definition) is 5. The zero-order chi connectivity index (χ0) is 16.6. The standard InChI is InChI=1S/C16H14N2O4S/c17-11-1-5-13(6-2-11)23(21,22)14-7-3-12(4-8-14)18-15(19)9-10-16(18)20/h1-8H,9-10,17H2. The van der Waals surface area contributed by atoms with Gasteiger partial charge in [0, 0.05) is 18.5 Å². The molecule has 0 atom stereocenters. The molecular weight excluding hydrogens is 316 g/mol. The highest BCUT2D eigenvalue weighted by molar-refractivity contribution is 7.91. The highest BCUT2D eigenvalue weighted by atomic mass is 32.2. The van der Waals surface area contributed by atoms with Crippen molar-refractivity contribution in [3.05, 3.63) is 48.5 Å². The number of carbonyl (C=O) groups is 2. The fraction of sp³-hybridized carbons (Fsp3) is 0.125. The fourth-order valence-corrected chi connectivity index (χ4v) is 3.68. The van der Waals surface area contributed by atoms with E-state index in [1.54, 1.807) is 0 Å². The largest absolute Gasteiger partial charge is 0.399 e. The lowest BCUT2D eigenvalue weighted by molar-refractivity contribution is -0.121. The molecular formula is C16H14N2O4S. The first kappa shape index (κ1) is 15.2. The van der Waals surface area contributed by atoms with E-state index in [4.69, 9.17) is 5.73 Å². The average molecular weight is 330 g/mol. The minimum Gasteiger partial charge on any atom is -0.399 e. The number of hydrogen-bond donors (Lipinski definition) is 1. The second-order valence-electron chi connectivity index (χ2n) is 5.19. The summed E-state index contributed by atoms with van der Waals surface area (Å²) in [5, 5.41) is 0. The van der Waals surface area contributed by atoms with E-state index in [1.165, 1.54) is 48.5 Å². The monoisotopic (exact) mass is 330 g/mol. The molecule has 0 aromatic heterocycles. The summed E-state index contributed by atoms with van der Waals surface area (Å²) >= 11 is 0. The Kier molecular flexibility index (Phi) is 3.65. The van der Waals surface area contributed by atoms with E-state index in [-0.39, 0.29) is 34.4 Å². The molecule has 2 N–H and O–H groups in total. The van der Waals surface area contributed by atoms with Gasteiger partial charge in [0.25, 0.3) is 0 Å². The van der Waals surface area contributed by atoms with Crippen LogP contribution in [0.15, 0.2) is 58.3 Å². The molecule has 0 aliphatic carbocycles. The summed E-state index contributed by atoms with van der Waals surface area (Å²) in [6, 6.07) is 11.6. The molecule has 1 aliphatic heterocycles. The average Bonchev–Trinajstić information content (AvgIpc) is 2.87. The molecule has 0 saturated carbocycles. The van der Waals surface area contributed by atoms with Gasteiger partial charge in [0.1, 0.15) is 0 Å². The molecule has 0 unspecified atom stereocenters. The highest BCUT2D eigenvalue weighted by Crippen LogP contribution is 2.27. The number of anilines is 2. The van der Waals surface area contributed by atoms with Crippen molar-refractivity contribution in [1.82, 2.24) is 0 Å². The second-order valence-corrected chi connectivity index (χ2v) is 7.14. The Morgan fingerprint density at radius 2 is 1.22 bits per heavy atom. The van der Waals surface area contributed by atoms with E-state index in [9.17, 15) is 18.0 Å². The summed E-state index contributed by atoms with van der Waals surface area (Å²) in [4.78, 5) is 24.7. The molecule has 23 heavy (non-hydrogen) atoms. The minimum atomic E-state index is -3.67. The lowest BCUT2D eigenvalue weighted by Gasteiger charge is -2.14. The number of imide groups is 1. The van der Waals surface area contributed by atoms with E-state index in [2.05, 4.69) is 0 Å². The van der Waals surface area contributed by atoms with Crippen molar-refractivity contribution in [2.45, 2.75) is 22.6 Å². The van der Waals surface area contributed by atoms with Crippen molar-refractivity contribution < 1.29 is 18.0 Å². The topological polar surface area (TPSA) is 97.5 Å². The van der Waals surface area contributed by atoms with Crippen molar-refractivity contribution in [3.8, 4) is 0 Å². The van der Waals surface area contributed by atoms with Crippen LogP contribution in [0.4, 0.5) is 11.4 Å². The van der Waals surface area contributed by atoms with Crippen LogP contribution in [0.5, 0.6) is 0 Å². The van der Waals surface area contributed by atoms with Gasteiger partial charge in [-0.2, -0.15) is 0 Å². The first-order chi connectivity index (χ1) is 10.9. The van der Waals surface area contributed by atoms with Crippen LogP contribution in [0.25, 0.3) is 0 Å². The van der Waals surface area contributed by atoms with Gasteiger partial charge in [0.2, 0.25) is 21.7 Å². The van der Waals surface area contributed by atoms with Gasteiger partial charge in [-0.3, -0.25) is 14.5 Å². The first-order valence-electron chi connectivity index (χ1n) is 6.96. The van der Waals surface area contributed by atoms with Gasteiger partial charge in [-0.25, -0.2) is 8.42 Å². The van der Waals surface area contributed by atoms with Crippen LogP contribution in [0, 0.1) is 0 Å². The maximum atomic E-state index is 12.5. The molecule has 2 amide bonds. The second kappa shape index (κ2) is 5.51. The number of rotatable bonds is 3. The molecule has 6 nitrogen and oxygen atoms in total. The zero-order valence-electron chi connectivity index (χ0n) is 12.1. The highest BCUT2D eigenvalue weighted by Gasteiger charge is 2.30. The molecule has 0 spiro atoms. The number of benzene rings is 2. The normalized spacial score (nSPS) is 15.2. The molecule has 1 aliphatic rings. The van der Waals surface area contributed by atoms with Crippen LogP contribution in [-0.4, -0.2) is 20.2 Å². The number of amides is 2. The van der Waals surface area contributed by atoms with Crippen molar-refractivity contribution in [2.75, 3.05) is 10.6 Å². The summed E-state index contributed by atoms with van der Waals surface area (Å²) in [6.45, 7) is 0. The summed E-state index contributed by atoms with van der Waals surface area (Å²) in [6.07, 6.45) is 0.370. The fourth-order valence-electron chi connectivity index (χ4n) is 2.42. The van der Waals surface area contributed by atoms with E-state index >= 15 is 0 Å². The van der Waals surface area contributed by atoms with E-state index in [0.29, 0.717) is 11.4 Å². The van der Waals surface area contributed by atoms with Crippen LogP contribution in [-0.2, 0) is 19.4 Å². The molecule has 0 radical (unpaired) electrons. The van der Waals surface area contributed by atoms with Crippen LogP contribution in [0.1, 0.15) is 12.8 Å². The first-order valence-corrected chi connectivity index (χ1v) is 8.44. The third-order valence-corrected chi connectivity index (χ3v) is 5.43. The maximum absolute atomic E-state index is 12.5. The Labute approximate surface area is 133 Å². The van der Waals surface area contributed by atoms with Crippen LogP contribution in [0.2, 0.25) is 0 Å². The molecule has 2 aromatic carbocycles. The summed E-state index contributed by atoms with van der Waals surface area (Å²) in [7, 11) is -3.67. The molecule has 1 heterocycles. The molecule has 0 bridgehead atoms. The Morgan fingerprint density at radius 1 is 0.783 bits per heavy atom. The van der Waals surface area contributed by atoms with Crippen molar-refractivity contribution >= 4 is 33.0 Å². The molecule has 118 valence electrons. The van der Waals surface area contributed by atoms with E-state index in [0.717, 1.165) is 4.90 Å². The molecule has 1 fully saturated rings. The van der Waals surface area contributed by atoms with Gasteiger partial charge in [-0.05, 0) is 48.5 Å². The molecule has 2 aromatic rings. The van der Waals surface area contributed by atoms with Gasteiger partial charge in [0.05, 0.1) is 15.5 Å². The van der Waals surface area contributed by atoms with Gasteiger partial charge in [-0.1, -0.05) is 0 Å². The molecule has 1 saturated heterocycles. The van der Waals surface area contributed by atoms with Crippen LogP contribution >= 0.6 is 0 Å². The molecule has 7 heteroatoms. The van der Waals surface area contributed by atoms with Crippen LogP contribution in [0.3, 0.4) is 0 Å². The summed E-state index contributed by atoms with van der Waals surface area (Å²) < 4.78 is 25.0. The zero-order valence-corrected chi connectivity index (χ0v) is 12.9. The van der Waals surface area contributed by atoms with E-state index in [1.807, 2.05) is 0 Å². The van der Waals surface area contributed by atoms with Gasteiger partial charge in [-0.15, -0.1) is 0 Å². The predicted octanol–water partition coefficient (Wildman–Crippen LogP) is 1.76. The number of sulfone groups is 1. The number of nitrogens with zero attached hydrogens (tertiary/aromatic N) is 1. The van der Waals surface area contributed by atoms with Crippen molar-refractivity contribution in [3.63, 3.8) is 0 Å². The SMILES string of the molecule is Nc1ccc(S(=O)(=O)c2ccc(N3C(=O)CCC3=O)cc2)cc1. The van der Waals surface area contributed by atoms with Crippen molar-refractivity contribution in [1.29, 1.82) is 0 Å². The summed E-state index contributed by atoms with van der Waals surface area (Å²) in [5.74, 6) is -0.548. The summed E-state index contributed by atoms with van der Waals surface area (Å²) in [5.41, 5.74) is 6.42. The van der Waals surface area contributed by atoms with Crippen LogP contribution < -0.4 is 10.6 Å². The van der Waals surface area contributed by atoms with E-state index < -0.39 is 9.84 Å². The maximum Gasteiger partial charge on any atom is 0.234 e. The smallest absolute Gasteiger partial charge is 0.234 e. The number of nitrogens with two attached hydrogens (primary N) is 1. The third-order valence-electron chi connectivity index (χ3n) is 3.65. The molecule has 3 rings (SSSR count). The Morgan fingerprint density at radius 3 is 1.70 bits per heavy atom. The Hall–Kier alpha value is -2.67. The quantitative estimate of drug-likeness (QED) is 0.683. The lowest BCUT2D eigenvalue weighted by Crippen LogP contribution is -2.28. The van der Waals surface area contributed by atoms with Gasteiger partial charge in [0.15, 0.2) is 0 Å². The number of carbonyl (C=O) groups excluding carboxylic acids is 2. The Bertz CT molecular complexity index is 855. The van der Waals surface area contributed by atoms with Gasteiger partial charge >= 0.3 is 0 Å². The number of nitrogen functional groups attached to an aromatic ring is 1. The third kappa shape index (κ3) is 2.70. The minimum absolute atomic E-state index is 0.0881. The Balaban J connectivity index is 1.94.